The van der Waals surface area contributed by atoms with Crippen molar-refractivity contribution in [2.45, 2.75) is 51.1 Å². The molecule has 0 bridgehead atoms. The van der Waals surface area contributed by atoms with Gasteiger partial charge in [0.05, 0.1) is 12.3 Å². The van der Waals surface area contributed by atoms with Crippen molar-refractivity contribution in [2.75, 3.05) is 12.3 Å². The third-order valence-corrected chi connectivity index (χ3v) is 3.42. The van der Waals surface area contributed by atoms with Crippen molar-refractivity contribution in [3.63, 3.8) is 0 Å². The van der Waals surface area contributed by atoms with Gasteiger partial charge in [0.2, 0.25) is 9.05 Å². The van der Waals surface area contributed by atoms with E-state index in [0.29, 0.717) is 0 Å². The van der Waals surface area contributed by atoms with Crippen molar-refractivity contribution in [1.29, 1.82) is 0 Å². The molecule has 0 aliphatic heterocycles. The van der Waals surface area contributed by atoms with Gasteiger partial charge in [0.25, 0.3) is 5.67 Å². The third-order valence-electron chi connectivity index (χ3n) is 2.26. The predicted octanol–water partition coefficient (Wildman–Crippen LogP) is 3.61. The molecule has 25 heavy (non-hydrogen) atoms. The maximum atomic E-state index is 12.8. The van der Waals surface area contributed by atoms with E-state index in [-0.39, 0.29) is 6.54 Å². The molecule has 5 nitrogen and oxygen atoms in total. The van der Waals surface area contributed by atoms with Crippen molar-refractivity contribution in [2.24, 2.45) is 5.73 Å². The maximum Gasteiger partial charge on any atom is 0.431 e. The first-order valence-electron chi connectivity index (χ1n) is 6.56. The second kappa shape index (κ2) is 11.7. The molecule has 0 fully saturated rings. The normalized spacial score (nSPS) is 12.4. The van der Waals surface area contributed by atoms with E-state index in [4.69, 9.17) is 5.11 Å². The minimum Gasteiger partial charge on any atom is -0.480 e. The number of hydrogen-bond donors (Lipinski definition) is 2. The zero-order chi connectivity index (χ0) is 21.1. The Kier molecular flexibility index (Phi) is 13.6. The number of hydrogen-bond acceptors (Lipinski definition) is 4. The van der Waals surface area contributed by atoms with Crippen molar-refractivity contribution < 1.29 is 49.1 Å². The van der Waals surface area contributed by atoms with Gasteiger partial charge in [0, 0.05) is 17.1 Å². The fourth-order valence-electron chi connectivity index (χ4n) is 0.707. The van der Waals surface area contributed by atoms with Gasteiger partial charge in [0.1, 0.15) is 0 Å². The SMILES string of the molecule is CCCC.NCC(=O)O.O=S(=O)(Cl)CCC(F)(C(F)(F)F)C(F)(F)F. The minimum atomic E-state index is -6.26. The molecule has 0 aliphatic rings. The number of carboxylic acid groups (broad SMARTS) is 1. The Balaban J connectivity index is -0.000000442. The Morgan fingerprint density at radius 3 is 1.40 bits per heavy atom. The van der Waals surface area contributed by atoms with Crippen molar-refractivity contribution in [1.82, 2.24) is 0 Å². The van der Waals surface area contributed by atoms with E-state index in [9.17, 15) is 43.9 Å². The Labute approximate surface area is 144 Å². The highest BCUT2D eigenvalue weighted by Gasteiger charge is 2.72. The van der Waals surface area contributed by atoms with Crippen LogP contribution in [-0.2, 0) is 13.8 Å². The van der Waals surface area contributed by atoms with Crippen molar-refractivity contribution >= 4 is 25.7 Å². The Hall–Kier alpha value is -0.820. The van der Waals surface area contributed by atoms with Gasteiger partial charge in [-0.1, -0.05) is 26.7 Å². The summed E-state index contributed by atoms with van der Waals surface area (Å²) < 4.78 is 104. The summed E-state index contributed by atoms with van der Waals surface area (Å²) >= 11 is 0. The number of halogens is 8. The number of aliphatic carboxylic acids is 1. The lowest BCUT2D eigenvalue weighted by molar-refractivity contribution is -0.341. The van der Waals surface area contributed by atoms with Crippen molar-refractivity contribution in [3.8, 4) is 0 Å². The van der Waals surface area contributed by atoms with Crippen LogP contribution in [0.15, 0.2) is 0 Å². The van der Waals surface area contributed by atoms with Crippen LogP contribution in [0.4, 0.5) is 30.7 Å². The van der Waals surface area contributed by atoms with Gasteiger partial charge in [-0.3, -0.25) is 4.79 Å². The molecule has 0 saturated carbocycles. The molecule has 0 aromatic carbocycles. The number of carbonyl (C=O) groups is 1. The summed E-state index contributed by atoms with van der Waals surface area (Å²) in [5.74, 6) is -2.74. The smallest absolute Gasteiger partial charge is 0.431 e. The highest BCUT2D eigenvalue weighted by molar-refractivity contribution is 8.13. The Morgan fingerprint density at radius 1 is 1.00 bits per heavy atom. The summed E-state index contributed by atoms with van der Waals surface area (Å²) in [4.78, 5) is 9.24. The van der Waals surface area contributed by atoms with Crippen LogP contribution in [0.25, 0.3) is 0 Å². The second-order valence-electron chi connectivity index (χ2n) is 4.39. The number of rotatable bonds is 5. The summed E-state index contributed by atoms with van der Waals surface area (Å²) in [6.45, 7) is 4.08. The first kappa shape index (κ1) is 29.0. The molecule has 0 unspecified atom stereocenters. The molecule has 0 spiro atoms. The Bertz CT molecular complexity index is 464. The third kappa shape index (κ3) is 14.1. The fraction of sp³-hybridized carbons (Fsp3) is 0.909. The lowest BCUT2D eigenvalue weighted by Gasteiger charge is -2.29. The molecule has 0 saturated heterocycles. The first-order valence-corrected chi connectivity index (χ1v) is 9.03. The molecular weight excluding hydrogens is 411 g/mol. The van der Waals surface area contributed by atoms with E-state index in [2.05, 4.69) is 30.3 Å². The molecule has 0 atom stereocenters. The molecule has 14 heteroatoms. The van der Waals surface area contributed by atoms with Crippen LogP contribution in [0.3, 0.4) is 0 Å². The molecule has 0 aromatic rings. The van der Waals surface area contributed by atoms with Gasteiger partial charge in [-0.05, 0) is 0 Å². The van der Waals surface area contributed by atoms with Gasteiger partial charge in [-0.25, -0.2) is 12.8 Å². The molecule has 0 radical (unpaired) electrons. The van der Waals surface area contributed by atoms with Gasteiger partial charge in [-0.15, -0.1) is 0 Å². The highest BCUT2D eigenvalue weighted by atomic mass is 35.7. The standard InChI is InChI=1S/C5H4ClF7O2S.C4H10.C2H5NO2/c6-16(14,15)2-1-3(7,4(8,9)10)5(11,12)13;1-3-4-2;3-1-2(4)5/h1-2H2;3-4H2,1-2H3;1,3H2,(H,4,5). The van der Waals surface area contributed by atoms with Gasteiger partial charge < -0.3 is 10.8 Å². The summed E-state index contributed by atoms with van der Waals surface area (Å²) in [6, 6.07) is 0. The van der Waals surface area contributed by atoms with E-state index in [0.717, 1.165) is 0 Å². The van der Waals surface area contributed by atoms with E-state index in [1.165, 1.54) is 12.8 Å². The summed E-state index contributed by atoms with van der Waals surface area (Å²) in [5.41, 5.74) is -1.01. The van der Waals surface area contributed by atoms with E-state index in [1.807, 2.05) is 0 Å². The zero-order valence-corrected chi connectivity index (χ0v) is 14.8. The fourth-order valence-corrected chi connectivity index (χ4v) is 1.46. The van der Waals surface area contributed by atoms with Crippen LogP contribution >= 0.6 is 10.7 Å². The predicted molar refractivity (Wildman–Crippen MR) is 77.5 cm³/mol. The van der Waals surface area contributed by atoms with Crippen LogP contribution in [0.5, 0.6) is 0 Å². The topological polar surface area (TPSA) is 97.5 Å². The number of nitrogens with two attached hydrogens (primary N) is 1. The van der Waals surface area contributed by atoms with E-state index in [1.54, 1.807) is 0 Å². The van der Waals surface area contributed by atoms with Crippen molar-refractivity contribution in [3.05, 3.63) is 0 Å². The van der Waals surface area contributed by atoms with Crippen LogP contribution in [0, 0.1) is 0 Å². The monoisotopic (exact) mass is 429 g/mol. The highest BCUT2D eigenvalue weighted by Crippen LogP contribution is 2.48. The molecule has 0 aliphatic carbocycles. The van der Waals surface area contributed by atoms with Crippen LogP contribution in [0.1, 0.15) is 33.1 Å². The molecular formula is C11H19ClF7NO4S. The second-order valence-corrected chi connectivity index (χ2v) is 7.28. The molecule has 0 amide bonds. The molecule has 0 rings (SSSR count). The van der Waals surface area contributed by atoms with E-state index < -0.39 is 45.2 Å². The van der Waals surface area contributed by atoms with Crippen LogP contribution < -0.4 is 5.73 Å². The first-order chi connectivity index (χ1) is 10.9. The lowest BCUT2D eigenvalue weighted by Crippen LogP contribution is -2.53. The summed E-state index contributed by atoms with van der Waals surface area (Å²) in [7, 11) is -0.235. The van der Waals surface area contributed by atoms with Crippen LogP contribution in [0.2, 0.25) is 0 Å². The minimum absolute atomic E-state index is 0.278. The number of alkyl halides is 7. The quantitative estimate of drug-likeness (QED) is 0.514. The Morgan fingerprint density at radius 2 is 1.28 bits per heavy atom. The van der Waals surface area contributed by atoms with Gasteiger partial charge >= 0.3 is 18.3 Å². The van der Waals surface area contributed by atoms with Crippen LogP contribution in [-0.4, -0.2) is 49.8 Å². The molecule has 154 valence electrons. The average Bonchev–Trinajstić information content (AvgIpc) is 2.42. The van der Waals surface area contributed by atoms with Gasteiger partial charge in [-0.2, -0.15) is 26.3 Å². The van der Waals surface area contributed by atoms with E-state index >= 15 is 0 Å². The summed E-state index contributed by atoms with van der Waals surface area (Å²) in [6.07, 6.45) is -12.2. The van der Waals surface area contributed by atoms with Gasteiger partial charge in [0.15, 0.2) is 0 Å². The molecule has 0 aromatic heterocycles. The maximum absolute atomic E-state index is 12.8. The summed E-state index contributed by atoms with van der Waals surface area (Å²) in [5, 5.41) is 7.60. The number of unbranched alkanes of at least 4 members (excludes halogenated alkanes) is 1. The largest absolute Gasteiger partial charge is 0.480 e. The lowest BCUT2D eigenvalue weighted by atomic mass is 10.0. The number of carboxylic acids is 1. The average molecular weight is 430 g/mol. The molecule has 0 heterocycles. The molecule has 3 N–H and O–H groups in total. The zero-order valence-electron chi connectivity index (χ0n) is 13.2.